The van der Waals surface area contributed by atoms with Gasteiger partial charge >= 0.3 is 0 Å². The van der Waals surface area contributed by atoms with Crippen LogP contribution in [0.5, 0.6) is 23.3 Å². The van der Waals surface area contributed by atoms with Crippen molar-refractivity contribution in [2.75, 3.05) is 20.3 Å². The van der Waals surface area contributed by atoms with Crippen LogP contribution in [0.3, 0.4) is 0 Å². The smallest absolute Gasteiger partial charge is 0.258 e. The topological polar surface area (TPSA) is 91.8 Å². The monoisotopic (exact) mass is 401 g/mol. The molecule has 156 valence electrons. The normalized spacial score (nSPS) is 18.6. The molecular formula is C21H27N3O5. The minimum absolute atomic E-state index is 0.0101. The number of aromatic nitrogens is 2. The van der Waals surface area contributed by atoms with E-state index < -0.39 is 0 Å². The lowest BCUT2D eigenvalue weighted by Crippen LogP contribution is -2.41. The Labute approximate surface area is 170 Å². The van der Waals surface area contributed by atoms with Crippen LogP contribution >= 0.6 is 0 Å². The number of hydrogen-bond donors (Lipinski definition) is 1. The largest absolute Gasteiger partial charge is 0.494 e. The molecule has 29 heavy (non-hydrogen) atoms. The number of nitrogens with one attached hydrogen (secondary N) is 1. The third-order valence-electron chi connectivity index (χ3n) is 4.63. The molecule has 1 heterocycles. The zero-order chi connectivity index (χ0) is 20.5. The highest BCUT2D eigenvalue weighted by Gasteiger charge is 2.24. The van der Waals surface area contributed by atoms with Gasteiger partial charge in [-0.1, -0.05) is 0 Å². The predicted octanol–water partition coefficient (Wildman–Crippen LogP) is 2.77. The molecule has 1 fully saturated rings. The van der Waals surface area contributed by atoms with Gasteiger partial charge in [-0.15, -0.1) is 0 Å². The first-order valence-electron chi connectivity index (χ1n) is 9.84. The second-order valence-electron chi connectivity index (χ2n) is 6.75. The van der Waals surface area contributed by atoms with Gasteiger partial charge in [0.1, 0.15) is 17.6 Å². The van der Waals surface area contributed by atoms with E-state index in [4.69, 9.17) is 18.9 Å². The molecule has 1 aliphatic rings. The lowest BCUT2D eigenvalue weighted by Gasteiger charge is -2.29. The van der Waals surface area contributed by atoms with Crippen molar-refractivity contribution in [2.24, 2.45) is 0 Å². The Balaban J connectivity index is 1.36. The summed E-state index contributed by atoms with van der Waals surface area (Å²) in [4.78, 5) is 20.4. The van der Waals surface area contributed by atoms with Crippen molar-refractivity contribution in [1.29, 1.82) is 0 Å². The summed E-state index contributed by atoms with van der Waals surface area (Å²) in [5.74, 6) is 2.18. The lowest BCUT2D eigenvalue weighted by molar-refractivity contribution is -0.124. The van der Waals surface area contributed by atoms with Crippen molar-refractivity contribution in [3.05, 3.63) is 36.7 Å². The fraction of sp³-hybridized carbons (Fsp3) is 0.476. The highest BCUT2D eigenvalue weighted by Crippen LogP contribution is 2.23. The van der Waals surface area contributed by atoms with E-state index in [0.717, 1.165) is 31.4 Å². The number of ether oxygens (including phenoxy) is 4. The van der Waals surface area contributed by atoms with Gasteiger partial charge in [0.15, 0.2) is 6.61 Å². The number of hydrogen-bond acceptors (Lipinski definition) is 7. The molecule has 0 spiro atoms. The molecule has 0 radical (unpaired) electrons. The summed E-state index contributed by atoms with van der Waals surface area (Å²) in [5, 5.41) is 3.03. The summed E-state index contributed by atoms with van der Waals surface area (Å²) in [6.45, 7) is 2.54. The Bertz CT molecular complexity index is 776. The van der Waals surface area contributed by atoms with Crippen molar-refractivity contribution in [3.63, 3.8) is 0 Å². The maximum Gasteiger partial charge on any atom is 0.258 e. The van der Waals surface area contributed by atoms with Crippen LogP contribution in [0.1, 0.15) is 32.6 Å². The maximum absolute atomic E-state index is 12.2. The first kappa shape index (κ1) is 20.7. The van der Waals surface area contributed by atoms with Crippen LogP contribution in [0.4, 0.5) is 0 Å². The minimum Gasteiger partial charge on any atom is -0.494 e. The van der Waals surface area contributed by atoms with Crippen LogP contribution in [0.2, 0.25) is 0 Å². The Morgan fingerprint density at radius 3 is 2.34 bits per heavy atom. The highest BCUT2D eigenvalue weighted by atomic mass is 16.5. The summed E-state index contributed by atoms with van der Waals surface area (Å²) in [7, 11) is 1.54. The first-order valence-corrected chi connectivity index (χ1v) is 9.84. The van der Waals surface area contributed by atoms with Crippen LogP contribution in [-0.2, 0) is 4.79 Å². The lowest BCUT2D eigenvalue weighted by atomic mass is 9.93. The molecule has 8 heteroatoms. The molecule has 0 saturated heterocycles. The van der Waals surface area contributed by atoms with Gasteiger partial charge in [0, 0.05) is 6.04 Å². The van der Waals surface area contributed by atoms with Crippen molar-refractivity contribution < 1.29 is 23.7 Å². The zero-order valence-corrected chi connectivity index (χ0v) is 16.8. The van der Waals surface area contributed by atoms with Gasteiger partial charge < -0.3 is 24.3 Å². The van der Waals surface area contributed by atoms with Crippen molar-refractivity contribution in [1.82, 2.24) is 15.3 Å². The quantitative estimate of drug-likeness (QED) is 0.691. The van der Waals surface area contributed by atoms with E-state index in [1.165, 1.54) is 6.20 Å². The van der Waals surface area contributed by atoms with Crippen LogP contribution in [0, 0.1) is 0 Å². The number of amides is 1. The minimum atomic E-state index is -0.123. The van der Waals surface area contributed by atoms with Crippen LogP contribution < -0.4 is 24.3 Å². The average molecular weight is 401 g/mol. The van der Waals surface area contributed by atoms with E-state index in [1.54, 1.807) is 25.4 Å². The second kappa shape index (κ2) is 10.5. The molecule has 0 unspecified atom stereocenters. The van der Waals surface area contributed by atoms with Crippen molar-refractivity contribution in [3.8, 4) is 23.3 Å². The van der Waals surface area contributed by atoms with E-state index in [9.17, 15) is 4.79 Å². The van der Waals surface area contributed by atoms with Gasteiger partial charge in [-0.25, -0.2) is 0 Å². The Kier molecular flexibility index (Phi) is 7.49. The molecule has 1 N–H and O–H groups in total. The molecular weight excluding hydrogens is 374 g/mol. The molecule has 1 amide bonds. The van der Waals surface area contributed by atoms with Crippen LogP contribution in [-0.4, -0.2) is 48.3 Å². The van der Waals surface area contributed by atoms with E-state index in [-0.39, 0.29) is 24.7 Å². The fourth-order valence-corrected chi connectivity index (χ4v) is 3.20. The number of methoxy groups -OCH3 is 1. The maximum atomic E-state index is 12.2. The summed E-state index contributed by atoms with van der Waals surface area (Å²) in [5.41, 5.74) is 0. The SMILES string of the molecule is CCOc1ccc(OCC(=O)NC2CCC(Oc3cncc(OC)n3)CC2)cc1. The Hall–Kier alpha value is -3.03. The number of rotatable bonds is 9. The molecule has 1 aliphatic carbocycles. The van der Waals surface area contributed by atoms with E-state index in [1.807, 2.05) is 19.1 Å². The number of nitrogens with zero attached hydrogens (tertiary/aromatic N) is 2. The number of benzene rings is 1. The van der Waals surface area contributed by atoms with Gasteiger partial charge in [0.2, 0.25) is 11.8 Å². The summed E-state index contributed by atoms with van der Waals surface area (Å²) in [6.07, 6.45) is 6.54. The molecule has 1 aromatic carbocycles. The van der Waals surface area contributed by atoms with Crippen molar-refractivity contribution in [2.45, 2.75) is 44.8 Å². The molecule has 0 aliphatic heterocycles. The number of carbonyl (C=O) groups is 1. The molecule has 0 bridgehead atoms. The summed E-state index contributed by atoms with van der Waals surface area (Å²) < 4.78 is 21.9. The van der Waals surface area contributed by atoms with Crippen LogP contribution in [0.15, 0.2) is 36.7 Å². The standard InChI is InChI=1S/C21H27N3O5/c1-3-27-16-8-10-17(11-9-16)28-14-19(25)23-15-4-6-18(7-5-15)29-21-13-22-12-20(24-21)26-2/h8-13,15,18H,3-7,14H2,1-2H3,(H,23,25). The van der Waals surface area contributed by atoms with Crippen molar-refractivity contribution >= 4 is 5.91 Å². The zero-order valence-electron chi connectivity index (χ0n) is 16.8. The molecule has 0 atom stereocenters. The summed E-state index contributed by atoms with van der Waals surface area (Å²) in [6, 6.07) is 7.36. The van der Waals surface area contributed by atoms with Gasteiger partial charge in [0.25, 0.3) is 5.91 Å². The third-order valence-corrected chi connectivity index (χ3v) is 4.63. The van der Waals surface area contributed by atoms with Gasteiger partial charge in [-0.05, 0) is 56.9 Å². The molecule has 3 rings (SSSR count). The van der Waals surface area contributed by atoms with Gasteiger partial charge in [-0.3, -0.25) is 9.78 Å². The Morgan fingerprint density at radius 2 is 1.69 bits per heavy atom. The Morgan fingerprint density at radius 1 is 1.03 bits per heavy atom. The van der Waals surface area contributed by atoms with Gasteiger partial charge in [0.05, 0.1) is 26.1 Å². The molecule has 1 saturated carbocycles. The average Bonchev–Trinajstić information content (AvgIpc) is 2.75. The van der Waals surface area contributed by atoms with Gasteiger partial charge in [-0.2, -0.15) is 4.98 Å². The molecule has 2 aromatic rings. The fourth-order valence-electron chi connectivity index (χ4n) is 3.20. The molecule has 1 aromatic heterocycles. The van der Waals surface area contributed by atoms with E-state index in [2.05, 4.69) is 15.3 Å². The second-order valence-corrected chi connectivity index (χ2v) is 6.75. The molecule has 8 nitrogen and oxygen atoms in total. The highest BCUT2D eigenvalue weighted by molar-refractivity contribution is 5.77. The first-order chi connectivity index (χ1) is 14.2. The number of carbonyl (C=O) groups excluding carboxylic acids is 1. The van der Waals surface area contributed by atoms with Crippen LogP contribution in [0.25, 0.3) is 0 Å². The third kappa shape index (κ3) is 6.51. The van der Waals surface area contributed by atoms with E-state index >= 15 is 0 Å². The summed E-state index contributed by atoms with van der Waals surface area (Å²) >= 11 is 0. The predicted molar refractivity (Wildman–Crippen MR) is 107 cm³/mol. The van der Waals surface area contributed by atoms with E-state index in [0.29, 0.717) is 24.1 Å².